The molecule has 0 amide bonds. The summed E-state index contributed by atoms with van der Waals surface area (Å²) in [6.07, 6.45) is 9.25. The van der Waals surface area contributed by atoms with E-state index in [2.05, 4.69) is 37.6 Å². The molecule has 0 bridgehead atoms. The minimum Gasteiger partial charge on any atom is -0.293 e. The van der Waals surface area contributed by atoms with Crippen LogP contribution in [0, 0.1) is 5.92 Å². The van der Waals surface area contributed by atoms with Crippen molar-refractivity contribution in [2.24, 2.45) is 10.9 Å². The third-order valence-electron chi connectivity index (χ3n) is 2.18. The Morgan fingerprint density at radius 2 is 2.31 bits per heavy atom. The van der Waals surface area contributed by atoms with Crippen LogP contribution in [0.2, 0.25) is 0 Å². The van der Waals surface area contributed by atoms with Crippen molar-refractivity contribution in [2.45, 2.75) is 20.3 Å². The van der Waals surface area contributed by atoms with Crippen molar-refractivity contribution in [2.75, 3.05) is 6.54 Å². The number of hydrogen-bond acceptors (Lipinski definition) is 1. The van der Waals surface area contributed by atoms with Gasteiger partial charge in [0.25, 0.3) is 0 Å². The van der Waals surface area contributed by atoms with Crippen LogP contribution in [0.4, 0.5) is 0 Å². The summed E-state index contributed by atoms with van der Waals surface area (Å²) in [5.74, 6) is 0.502. The molecule has 1 heterocycles. The highest BCUT2D eigenvalue weighted by Crippen LogP contribution is 2.16. The molecule has 0 aromatic heterocycles. The standard InChI is InChI=1S/C12H17N/c1-10-8-12(3)11(2)6-4-5-7-13-9-10/h4-6,9-10H,3,7-8H2,1-2H3/b5-4-,11-6?,13-9?. The lowest BCUT2D eigenvalue weighted by atomic mass is 9.97. The number of hydrogen-bond donors (Lipinski definition) is 0. The number of allylic oxidation sites excluding steroid dienone is 4. The summed E-state index contributed by atoms with van der Waals surface area (Å²) in [6.45, 7) is 9.13. The van der Waals surface area contributed by atoms with E-state index in [1.165, 1.54) is 11.1 Å². The van der Waals surface area contributed by atoms with E-state index >= 15 is 0 Å². The molecule has 0 spiro atoms. The van der Waals surface area contributed by atoms with E-state index in [9.17, 15) is 0 Å². The molecule has 0 aromatic rings. The Morgan fingerprint density at radius 1 is 1.54 bits per heavy atom. The molecule has 0 N–H and O–H groups in total. The molecule has 0 aromatic carbocycles. The second kappa shape index (κ2) is 4.80. The van der Waals surface area contributed by atoms with Gasteiger partial charge in [-0.15, -0.1) is 0 Å². The normalized spacial score (nSPS) is 26.8. The van der Waals surface area contributed by atoms with E-state index in [0.29, 0.717) is 5.92 Å². The zero-order valence-corrected chi connectivity index (χ0v) is 8.46. The van der Waals surface area contributed by atoms with Gasteiger partial charge in [0.1, 0.15) is 0 Å². The lowest BCUT2D eigenvalue weighted by Gasteiger charge is -2.09. The summed E-state index contributed by atoms with van der Waals surface area (Å²) in [4.78, 5) is 4.29. The zero-order valence-electron chi connectivity index (χ0n) is 8.46. The Morgan fingerprint density at radius 3 is 3.08 bits per heavy atom. The van der Waals surface area contributed by atoms with Gasteiger partial charge in [-0.1, -0.05) is 37.3 Å². The van der Waals surface area contributed by atoms with Crippen molar-refractivity contribution >= 4 is 6.21 Å². The Kier molecular flexibility index (Phi) is 3.69. The fraction of sp³-hybridized carbons (Fsp3) is 0.417. The van der Waals surface area contributed by atoms with Gasteiger partial charge in [-0.25, -0.2) is 0 Å². The van der Waals surface area contributed by atoms with E-state index in [4.69, 9.17) is 0 Å². The van der Waals surface area contributed by atoms with E-state index in [0.717, 1.165) is 13.0 Å². The first-order valence-corrected chi connectivity index (χ1v) is 4.71. The molecule has 1 aliphatic rings. The van der Waals surface area contributed by atoms with E-state index in [1.54, 1.807) is 0 Å². The highest BCUT2D eigenvalue weighted by Gasteiger charge is 2.03. The maximum atomic E-state index is 4.29. The highest BCUT2D eigenvalue weighted by molar-refractivity contribution is 5.61. The van der Waals surface area contributed by atoms with Crippen molar-refractivity contribution < 1.29 is 0 Å². The van der Waals surface area contributed by atoms with Crippen LogP contribution in [0.5, 0.6) is 0 Å². The topological polar surface area (TPSA) is 12.4 Å². The monoisotopic (exact) mass is 175 g/mol. The molecule has 13 heavy (non-hydrogen) atoms. The van der Waals surface area contributed by atoms with Gasteiger partial charge in [0.2, 0.25) is 0 Å². The first-order valence-electron chi connectivity index (χ1n) is 4.71. The maximum absolute atomic E-state index is 4.29. The largest absolute Gasteiger partial charge is 0.293 e. The molecule has 70 valence electrons. The zero-order chi connectivity index (χ0) is 9.68. The second-order valence-corrected chi connectivity index (χ2v) is 3.58. The van der Waals surface area contributed by atoms with Crippen LogP contribution in [0.1, 0.15) is 20.3 Å². The van der Waals surface area contributed by atoms with E-state index in [1.807, 2.05) is 12.3 Å². The first-order chi connectivity index (χ1) is 6.20. The molecule has 0 fully saturated rings. The average molecular weight is 175 g/mol. The third-order valence-corrected chi connectivity index (χ3v) is 2.18. The van der Waals surface area contributed by atoms with E-state index in [-0.39, 0.29) is 0 Å². The predicted molar refractivity (Wildman–Crippen MR) is 59.2 cm³/mol. The van der Waals surface area contributed by atoms with Crippen LogP contribution >= 0.6 is 0 Å². The van der Waals surface area contributed by atoms with Gasteiger partial charge >= 0.3 is 0 Å². The molecule has 1 rings (SSSR count). The summed E-state index contributed by atoms with van der Waals surface area (Å²) in [5.41, 5.74) is 2.49. The van der Waals surface area contributed by atoms with Gasteiger partial charge in [0, 0.05) is 6.21 Å². The SMILES string of the molecule is C=C1CC(C)C=NC/C=C\C=C1C. The number of rotatable bonds is 0. The van der Waals surface area contributed by atoms with Crippen molar-refractivity contribution in [3.63, 3.8) is 0 Å². The second-order valence-electron chi connectivity index (χ2n) is 3.58. The molecular formula is C12H17N. The van der Waals surface area contributed by atoms with Crippen molar-refractivity contribution in [3.05, 3.63) is 36.0 Å². The Labute approximate surface area is 80.6 Å². The summed E-state index contributed by atoms with van der Waals surface area (Å²) in [6, 6.07) is 0. The molecule has 0 saturated carbocycles. The Bertz CT molecular complexity index is 269. The molecule has 0 aliphatic carbocycles. The maximum Gasteiger partial charge on any atom is 0.0569 e. The molecule has 1 aliphatic heterocycles. The minimum atomic E-state index is 0.502. The molecule has 0 saturated heterocycles. The minimum absolute atomic E-state index is 0.502. The first kappa shape index (κ1) is 9.97. The summed E-state index contributed by atoms with van der Waals surface area (Å²) in [7, 11) is 0. The number of nitrogens with zero attached hydrogens (tertiary/aromatic N) is 1. The van der Waals surface area contributed by atoms with Gasteiger partial charge in [0.15, 0.2) is 0 Å². The molecule has 1 heteroatoms. The van der Waals surface area contributed by atoms with Crippen LogP contribution in [-0.2, 0) is 0 Å². The predicted octanol–water partition coefficient (Wildman–Crippen LogP) is 3.16. The molecule has 1 unspecified atom stereocenters. The number of aliphatic imine (C=N–C) groups is 1. The van der Waals surface area contributed by atoms with E-state index < -0.39 is 0 Å². The highest BCUT2D eigenvalue weighted by atomic mass is 14.7. The summed E-state index contributed by atoms with van der Waals surface area (Å²) >= 11 is 0. The fourth-order valence-electron chi connectivity index (χ4n) is 1.30. The van der Waals surface area contributed by atoms with Crippen molar-refractivity contribution in [1.29, 1.82) is 0 Å². The van der Waals surface area contributed by atoms with Crippen LogP contribution < -0.4 is 0 Å². The Balaban J connectivity index is 2.79. The van der Waals surface area contributed by atoms with Gasteiger partial charge < -0.3 is 0 Å². The molecule has 0 radical (unpaired) electrons. The quantitative estimate of drug-likeness (QED) is 0.536. The lowest BCUT2D eigenvalue weighted by molar-refractivity contribution is 0.777. The molecule has 1 atom stereocenters. The average Bonchev–Trinajstić information content (AvgIpc) is 2.09. The van der Waals surface area contributed by atoms with Gasteiger partial charge in [-0.05, 0) is 24.8 Å². The Hall–Kier alpha value is -1.11. The fourth-order valence-corrected chi connectivity index (χ4v) is 1.30. The van der Waals surface area contributed by atoms with Crippen LogP contribution in [0.3, 0.4) is 0 Å². The van der Waals surface area contributed by atoms with Gasteiger partial charge in [-0.2, -0.15) is 0 Å². The molecular weight excluding hydrogens is 158 g/mol. The van der Waals surface area contributed by atoms with Crippen LogP contribution in [0.15, 0.2) is 40.9 Å². The van der Waals surface area contributed by atoms with Gasteiger partial charge in [-0.3, -0.25) is 4.99 Å². The lowest BCUT2D eigenvalue weighted by Crippen LogP contribution is -2.00. The summed E-state index contributed by atoms with van der Waals surface area (Å²) in [5, 5.41) is 0. The summed E-state index contributed by atoms with van der Waals surface area (Å²) < 4.78 is 0. The third kappa shape index (κ3) is 3.41. The van der Waals surface area contributed by atoms with Gasteiger partial charge in [0.05, 0.1) is 6.54 Å². The van der Waals surface area contributed by atoms with Crippen molar-refractivity contribution in [3.8, 4) is 0 Å². The van der Waals surface area contributed by atoms with Crippen LogP contribution in [0.25, 0.3) is 0 Å². The smallest absolute Gasteiger partial charge is 0.0569 e. The molecule has 1 nitrogen and oxygen atoms in total. The van der Waals surface area contributed by atoms with Crippen molar-refractivity contribution in [1.82, 2.24) is 0 Å². The van der Waals surface area contributed by atoms with Crippen LogP contribution in [-0.4, -0.2) is 12.8 Å².